The first kappa shape index (κ1) is 14.9. The van der Waals surface area contributed by atoms with Gasteiger partial charge in [0.15, 0.2) is 0 Å². The zero-order valence-corrected chi connectivity index (χ0v) is 11.1. The molecule has 0 spiro atoms. The van der Waals surface area contributed by atoms with Crippen LogP contribution in [0, 0.1) is 5.82 Å². The standard InChI is InChI=1S/C13H17FN2O3/c1-13(2,11(17)18)16(3)12(19)15-8-9-4-6-10(14)7-5-9/h4-7H,8H2,1-3H3,(H,15,19)(H,17,18). The molecule has 0 radical (unpaired) electrons. The van der Waals surface area contributed by atoms with Crippen LogP contribution in [0.5, 0.6) is 0 Å². The van der Waals surface area contributed by atoms with Crippen molar-refractivity contribution < 1.29 is 19.1 Å². The number of nitrogens with one attached hydrogen (secondary N) is 1. The summed E-state index contributed by atoms with van der Waals surface area (Å²) in [6.45, 7) is 3.08. The maximum Gasteiger partial charge on any atom is 0.329 e. The van der Waals surface area contributed by atoms with Gasteiger partial charge in [-0.2, -0.15) is 0 Å². The number of benzene rings is 1. The summed E-state index contributed by atoms with van der Waals surface area (Å²) in [5, 5.41) is 11.6. The third-order valence-electron chi connectivity index (χ3n) is 3.02. The van der Waals surface area contributed by atoms with Gasteiger partial charge in [0, 0.05) is 13.6 Å². The second-order valence-corrected chi connectivity index (χ2v) is 4.71. The lowest BCUT2D eigenvalue weighted by Gasteiger charge is -2.31. The number of aliphatic carboxylic acids is 1. The molecule has 2 N–H and O–H groups in total. The average Bonchev–Trinajstić information content (AvgIpc) is 2.36. The van der Waals surface area contributed by atoms with E-state index >= 15 is 0 Å². The van der Waals surface area contributed by atoms with E-state index in [-0.39, 0.29) is 12.4 Å². The Morgan fingerprint density at radius 3 is 2.32 bits per heavy atom. The molecule has 0 aliphatic carbocycles. The number of carbonyl (C=O) groups excluding carboxylic acids is 1. The Labute approximate surface area is 111 Å². The van der Waals surface area contributed by atoms with Gasteiger partial charge < -0.3 is 15.3 Å². The number of urea groups is 1. The molecule has 104 valence electrons. The van der Waals surface area contributed by atoms with E-state index < -0.39 is 17.5 Å². The zero-order chi connectivity index (χ0) is 14.6. The Balaban J connectivity index is 2.61. The number of hydrogen-bond acceptors (Lipinski definition) is 2. The summed E-state index contributed by atoms with van der Waals surface area (Å²) in [4.78, 5) is 23.9. The summed E-state index contributed by atoms with van der Waals surface area (Å²) in [6, 6.07) is 5.20. The SMILES string of the molecule is CN(C(=O)NCc1ccc(F)cc1)C(C)(C)C(=O)O. The first-order valence-corrected chi connectivity index (χ1v) is 5.74. The lowest BCUT2D eigenvalue weighted by Crippen LogP contribution is -2.53. The van der Waals surface area contributed by atoms with Gasteiger partial charge in [0.25, 0.3) is 0 Å². The molecule has 1 aromatic rings. The quantitative estimate of drug-likeness (QED) is 0.875. The summed E-state index contributed by atoms with van der Waals surface area (Å²) in [5.41, 5.74) is -0.566. The Hall–Kier alpha value is -2.11. The van der Waals surface area contributed by atoms with E-state index in [2.05, 4.69) is 5.32 Å². The molecule has 0 heterocycles. The predicted octanol–water partition coefficient (Wildman–Crippen LogP) is 1.83. The van der Waals surface area contributed by atoms with Crippen LogP contribution in [-0.2, 0) is 11.3 Å². The molecule has 5 nitrogen and oxygen atoms in total. The van der Waals surface area contributed by atoms with E-state index in [0.29, 0.717) is 0 Å². The van der Waals surface area contributed by atoms with Crippen molar-refractivity contribution in [2.24, 2.45) is 0 Å². The zero-order valence-electron chi connectivity index (χ0n) is 11.1. The lowest BCUT2D eigenvalue weighted by molar-refractivity contribution is -0.146. The molecule has 0 unspecified atom stereocenters. The number of carboxylic acid groups (broad SMARTS) is 1. The Bertz CT molecular complexity index is 471. The number of amides is 2. The van der Waals surface area contributed by atoms with Crippen molar-refractivity contribution >= 4 is 12.0 Å². The number of carbonyl (C=O) groups is 2. The third-order valence-corrected chi connectivity index (χ3v) is 3.02. The summed E-state index contributed by atoms with van der Waals surface area (Å²) >= 11 is 0. The largest absolute Gasteiger partial charge is 0.480 e. The van der Waals surface area contributed by atoms with Gasteiger partial charge >= 0.3 is 12.0 Å². The highest BCUT2D eigenvalue weighted by molar-refractivity contribution is 5.85. The van der Waals surface area contributed by atoms with Gasteiger partial charge in [-0.1, -0.05) is 12.1 Å². The number of likely N-dealkylation sites (N-methyl/N-ethyl adjacent to an activating group) is 1. The molecule has 0 aliphatic heterocycles. The maximum absolute atomic E-state index is 12.7. The van der Waals surface area contributed by atoms with Crippen molar-refractivity contribution in [2.45, 2.75) is 25.9 Å². The van der Waals surface area contributed by atoms with E-state index in [1.165, 1.54) is 33.0 Å². The summed E-state index contributed by atoms with van der Waals surface area (Å²) in [7, 11) is 1.41. The number of halogens is 1. The Morgan fingerprint density at radius 1 is 1.32 bits per heavy atom. The summed E-state index contributed by atoms with van der Waals surface area (Å²) < 4.78 is 12.7. The van der Waals surface area contributed by atoms with Crippen molar-refractivity contribution in [3.63, 3.8) is 0 Å². The normalized spacial score (nSPS) is 10.9. The molecule has 0 aromatic heterocycles. The minimum atomic E-state index is -1.30. The highest BCUT2D eigenvalue weighted by Gasteiger charge is 2.35. The van der Waals surface area contributed by atoms with Gasteiger partial charge in [-0.15, -0.1) is 0 Å². The van der Waals surface area contributed by atoms with Crippen molar-refractivity contribution in [2.75, 3.05) is 7.05 Å². The minimum Gasteiger partial charge on any atom is -0.480 e. The van der Waals surface area contributed by atoms with Crippen LogP contribution in [-0.4, -0.2) is 34.6 Å². The molecule has 19 heavy (non-hydrogen) atoms. The number of carboxylic acids is 1. The molecule has 0 fully saturated rings. The van der Waals surface area contributed by atoms with E-state index in [1.807, 2.05) is 0 Å². The molecule has 0 aliphatic rings. The van der Waals surface area contributed by atoms with Crippen LogP contribution in [0.3, 0.4) is 0 Å². The monoisotopic (exact) mass is 268 g/mol. The van der Waals surface area contributed by atoms with Crippen molar-refractivity contribution in [3.05, 3.63) is 35.6 Å². The van der Waals surface area contributed by atoms with Gasteiger partial charge in [-0.3, -0.25) is 0 Å². The number of nitrogens with zero attached hydrogens (tertiary/aromatic N) is 1. The van der Waals surface area contributed by atoms with Gasteiger partial charge in [0.1, 0.15) is 11.4 Å². The molecule has 6 heteroatoms. The van der Waals surface area contributed by atoms with Crippen LogP contribution in [0.25, 0.3) is 0 Å². The first-order valence-electron chi connectivity index (χ1n) is 5.74. The van der Waals surface area contributed by atoms with E-state index in [4.69, 9.17) is 5.11 Å². The highest BCUT2D eigenvalue weighted by atomic mass is 19.1. The van der Waals surface area contributed by atoms with Gasteiger partial charge in [0.05, 0.1) is 0 Å². The van der Waals surface area contributed by atoms with Crippen molar-refractivity contribution in [1.82, 2.24) is 10.2 Å². The van der Waals surface area contributed by atoms with Crippen molar-refractivity contribution in [1.29, 1.82) is 0 Å². The maximum atomic E-state index is 12.7. The minimum absolute atomic E-state index is 0.207. The molecule has 0 atom stereocenters. The molecular weight excluding hydrogens is 251 g/mol. The van der Waals surface area contributed by atoms with Crippen LogP contribution in [0.1, 0.15) is 19.4 Å². The fourth-order valence-corrected chi connectivity index (χ4v) is 1.30. The molecule has 1 rings (SSSR count). The Morgan fingerprint density at radius 2 is 1.84 bits per heavy atom. The smallest absolute Gasteiger partial charge is 0.329 e. The third kappa shape index (κ3) is 3.67. The summed E-state index contributed by atoms with van der Waals surface area (Å²) in [5.74, 6) is -1.44. The summed E-state index contributed by atoms with van der Waals surface area (Å²) in [6.07, 6.45) is 0. The van der Waals surface area contributed by atoms with Crippen LogP contribution >= 0.6 is 0 Å². The van der Waals surface area contributed by atoms with E-state index in [1.54, 1.807) is 12.1 Å². The molecule has 0 saturated carbocycles. The van der Waals surface area contributed by atoms with E-state index in [0.717, 1.165) is 10.5 Å². The molecular formula is C13H17FN2O3. The predicted molar refractivity (Wildman–Crippen MR) is 68.1 cm³/mol. The first-order chi connectivity index (χ1) is 8.75. The molecule has 0 saturated heterocycles. The fourth-order valence-electron chi connectivity index (χ4n) is 1.30. The molecule has 0 bridgehead atoms. The highest BCUT2D eigenvalue weighted by Crippen LogP contribution is 2.12. The number of hydrogen-bond donors (Lipinski definition) is 2. The van der Waals surface area contributed by atoms with E-state index in [9.17, 15) is 14.0 Å². The van der Waals surface area contributed by atoms with Gasteiger partial charge in [-0.05, 0) is 31.5 Å². The van der Waals surface area contributed by atoms with Crippen LogP contribution in [0.4, 0.5) is 9.18 Å². The van der Waals surface area contributed by atoms with Crippen LogP contribution in [0.15, 0.2) is 24.3 Å². The molecule has 2 amide bonds. The Kier molecular flexibility index (Phi) is 4.47. The second kappa shape index (κ2) is 5.69. The lowest BCUT2D eigenvalue weighted by atomic mass is 10.1. The second-order valence-electron chi connectivity index (χ2n) is 4.71. The fraction of sp³-hybridized carbons (Fsp3) is 0.385. The van der Waals surface area contributed by atoms with Crippen LogP contribution in [0.2, 0.25) is 0 Å². The van der Waals surface area contributed by atoms with Crippen molar-refractivity contribution in [3.8, 4) is 0 Å². The van der Waals surface area contributed by atoms with Crippen LogP contribution < -0.4 is 5.32 Å². The average molecular weight is 268 g/mol. The topological polar surface area (TPSA) is 69.6 Å². The van der Waals surface area contributed by atoms with Gasteiger partial charge in [-0.25, -0.2) is 14.0 Å². The van der Waals surface area contributed by atoms with Gasteiger partial charge in [0.2, 0.25) is 0 Å². The number of rotatable bonds is 4. The molecule has 1 aromatic carbocycles.